The van der Waals surface area contributed by atoms with Crippen molar-refractivity contribution in [3.63, 3.8) is 0 Å². The molecule has 4 heterocycles. The average molecular weight is 398 g/mol. The van der Waals surface area contributed by atoms with Crippen LogP contribution in [-0.4, -0.2) is 54.9 Å². The molecule has 1 aromatic carbocycles. The van der Waals surface area contributed by atoms with Crippen molar-refractivity contribution in [3.8, 4) is 11.5 Å². The zero-order valence-corrected chi connectivity index (χ0v) is 16.6. The number of carbonyl (C=O) groups excluding carboxylic acids is 1. The number of thiophene rings is 1. The number of aromatic nitrogens is 1. The van der Waals surface area contributed by atoms with Crippen molar-refractivity contribution < 1.29 is 19.0 Å². The molecule has 2 aliphatic rings. The van der Waals surface area contributed by atoms with Gasteiger partial charge in [-0.15, -0.1) is 11.3 Å². The van der Waals surface area contributed by atoms with E-state index >= 15 is 0 Å². The zero-order chi connectivity index (χ0) is 19.1. The van der Waals surface area contributed by atoms with Crippen molar-refractivity contribution >= 4 is 27.3 Å². The molecule has 0 spiro atoms. The highest BCUT2D eigenvalue weighted by Crippen LogP contribution is 2.35. The SMILES string of the molecule is Cc1cc2cc(C(=O)c3ccc4c(c3)OCO4)sc2n1CCN1CCOCC1. The number of benzene rings is 1. The van der Waals surface area contributed by atoms with Gasteiger partial charge < -0.3 is 18.8 Å². The number of aryl methyl sites for hydroxylation is 1. The van der Waals surface area contributed by atoms with E-state index in [1.165, 1.54) is 5.69 Å². The minimum atomic E-state index is 0.0249. The van der Waals surface area contributed by atoms with Crippen molar-refractivity contribution in [2.24, 2.45) is 0 Å². The molecule has 5 rings (SSSR count). The summed E-state index contributed by atoms with van der Waals surface area (Å²) in [5.74, 6) is 1.35. The van der Waals surface area contributed by atoms with Crippen LogP contribution in [0.4, 0.5) is 0 Å². The number of fused-ring (bicyclic) bond motifs is 2. The fraction of sp³-hybridized carbons (Fsp3) is 0.381. The van der Waals surface area contributed by atoms with E-state index in [0.29, 0.717) is 17.1 Å². The van der Waals surface area contributed by atoms with E-state index in [1.54, 1.807) is 29.5 Å². The van der Waals surface area contributed by atoms with Gasteiger partial charge in [0.05, 0.1) is 18.1 Å². The Morgan fingerprint density at radius 3 is 2.75 bits per heavy atom. The van der Waals surface area contributed by atoms with Gasteiger partial charge in [0.2, 0.25) is 12.6 Å². The van der Waals surface area contributed by atoms with Crippen LogP contribution in [0.5, 0.6) is 11.5 Å². The van der Waals surface area contributed by atoms with Crippen molar-refractivity contribution in [2.45, 2.75) is 13.5 Å². The monoisotopic (exact) mass is 398 g/mol. The van der Waals surface area contributed by atoms with E-state index in [-0.39, 0.29) is 12.6 Å². The predicted octanol–water partition coefficient (Wildman–Crippen LogP) is 3.30. The number of rotatable bonds is 5. The maximum absolute atomic E-state index is 13.0. The first-order valence-corrected chi connectivity index (χ1v) is 10.3. The lowest BCUT2D eigenvalue weighted by Gasteiger charge is -2.26. The summed E-state index contributed by atoms with van der Waals surface area (Å²) in [5.41, 5.74) is 1.86. The molecule has 0 amide bonds. The Labute approximate surface area is 167 Å². The molecule has 28 heavy (non-hydrogen) atoms. The fourth-order valence-electron chi connectivity index (χ4n) is 3.81. The molecule has 0 bridgehead atoms. The van der Waals surface area contributed by atoms with Gasteiger partial charge in [0.1, 0.15) is 4.83 Å². The Morgan fingerprint density at radius 1 is 1.07 bits per heavy atom. The lowest BCUT2D eigenvalue weighted by atomic mass is 10.1. The van der Waals surface area contributed by atoms with Crippen LogP contribution in [0.25, 0.3) is 10.2 Å². The molecule has 0 aliphatic carbocycles. The first-order valence-electron chi connectivity index (χ1n) is 9.53. The smallest absolute Gasteiger partial charge is 0.231 e. The van der Waals surface area contributed by atoms with Crippen molar-refractivity contribution in [2.75, 3.05) is 39.6 Å². The number of ketones is 1. The average Bonchev–Trinajstić information content (AvgIpc) is 3.41. The third kappa shape index (κ3) is 3.19. The van der Waals surface area contributed by atoms with Crippen molar-refractivity contribution in [1.29, 1.82) is 0 Å². The van der Waals surface area contributed by atoms with Crippen LogP contribution in [0.1, 0.15) is 20.9 Å². The number of carbonyl (C=O) groups is 1. The van der Waals surface area contributed by atoms with Crippen LogP contribution < -0.4 is 9.47 Å². The minimum Gasteiger partial charge on any atom is -0.454 e. The Balaban J connectivity index is 1.39. The maximum Gasteiger partial charge on any atom is 0.231 e. The quantitative estimate of drug-likeness (QED) is 0.618. The standard InChI is InChI=1S/C21H22N2O4S/c1-14-10-16-12-19(20(24)15-2-3-17-18(11-15)27-13-26-17)28-21(16)23(14)5-4-22-6-8-25-9-7-22/h2-3,10-12H,4-9,13H2,1H3. The van der Waals surface area contributed by atoms with Crippen LogP contribution in [0.3, 0.4) is 0 Å². The molecule has 2 aromatic heterocycles. The van der Waals surface area contributed by atoms with E-state index in [1.807, 2.05) is 6.07 Å². The number of ether oxygens (including phenoxy) is 3. The van der Waals surface area contributed by atoms with E-state index in [0.717, 1.165) is 54.5 Å². The summed E-state index contributed by atoms with van der Waals surface area (Å²) in [6, 6.07) is 9.55. The van der Waals surface area contributed by atoms with E-state index in [4.69, 9.17) is 14.2 Å². The summed E-state index contributed by atoms with van der Waals surface area (Å²) in [6.07, 6.45) is 0. The summed E-state index contributed by atoms with van der Waals surface area (Å²) >= 11 is 1.57. The minimum absolute atomic E-state index is 0.0249. The van der Waals surface area contributed by atoms with Gasteiger partial charge in [-0.1, -0.05) is 0 Å². The van der Waals surface area contributed by atoms with Crippen LogP contribution in [0.15, 0.2) is 30.3 Å². The van der Waals surface area contributed by atoms with Gasteiger partial charge in [0, 0.05) is 42.8 Å². The highest BCUT2D eigenvalue weighted by molar-refractivity contribution is 7.20. The summed E-state index contributed by atoms with van der Waals surface area (Å²) in [5, 5.41) is 1.13. The molecule has 0 saturated carbocycles. The van der Waals surface area contributed by atoms with Gasteiger partial charge in [-0.2, -0.15) is 0 Å². The van der Waals surface area contributed by atoms with Gasteiger partial charge in [-0.05, 0) is 37.3 Å². The van der Waals surface area contributed by atoms with Crippen LogP contribution >= 0.6 is 11.3 Å². The second-order valence-electron chi connectivity index (χ2n) is 7.16. The number of nitrogens with zero attached hydrogens (tertiary/aromatic N) is 2. The molecule has 146 valence electrons. The third-order valence-electron chi connectivity index (χ3n) is 5.38. The Bertz CT molecular complexity index is 1030. The second kappa shape index (κ2) is 7.24. The van der Waals surface area contributed by atoms with Gasteiger partial charge >= 0.3 is 0 Å². The van der Waals surface area contributed by atoms with Gasteiger partial charge in [0.25, 0.3) is 0 Å². The Kier molecular flexibility index (Phi) is 4.58. The number of hydrogen-bond acceptors (Lipinski definition) is 6. The fourth-order valence-corrected chi connectivity index (χ4v) is 4.99. The van der Waals surface area contributed by atoms with E-state index in [9.17, 15) is 4.79 Å². The normalized spacial score (nSPS) is 16.8. The topological polar surface area (TPSA) is 52.9 Å². The first kappa shape index (κ1) is 17.7. The van der Waals surface area contributed by atoms with Gasteiger partial charge in [-0.3, -0.25) is 9.69 Å². The molecule has 2 aliphatic heterocycles. The van der Waals surface area contributed by atoms with E-state index < -0.39 is 0 Å². The molecule has 0 atom stereocenters. The summed E-state index contributed by atoms with van der Waals surface area (Å²) < 4.78 is 18.5. The van der Waals surface area contributed by atoms with Crippen LogP contribution in [0, 0.1) is 6.92 Å². The Morgan fingerprint density at radius 2 is 1.89 bits per heavy atom. The molecule has 0 radical (unpaired) electrons. The maximum atomic E-state index is 13.0. The van der Waals surface area contributed by atoms with Gasteiger partial charge in [-0.25, -0.2) is 0 Å². The second-order valence-corrected chi connectivity index (χ2v) is 8.19. The predicted molar refractivity (Wildman–Crippen MR) is 108 cm³/mol. The Hall–Kier alpha value is -2.35. The molecule has 6 nitrogen and oxygen atoms in total. The van der Waals surface area contributed by atoms with Crippen molar-refractivity contribution in [3.05, 3.63) is 46.5 Å². The highest BCUT2D eigenvalue weighted by atomic mass is 32.1. The molecule has 0 N–H and O–H groups in total. The van der Waals surface area contributed by atoms with Gasteiger partial charge in [0.15, 0.2) is 11.5 Å². The largest absolute Gasteiger partial charge is 0.454 e. The number of hydrogen-bond donors (Lipinski definition) is 0. The number of morpholine rings is 1. The molecule has 0 unspecified atom stereocenters. The van der Waals surface area contributed by atoms with Crippen molar-refractivity contribution in [1.82, 2.24) is 9.47 Å². The van der Waals surface area contributed by atoms with E-state index in [2.05, 4.69) is 22.5 Å². The van der Waals surface area contributed by atoms with Crippen LogP contribution in [-0.2, 0) is 11.3 Å². The third-order valence-corrected chi connectivity index (χ3v) is 6.55. The zero-order valence-electron chi connectivity index (χ0n) is 15.8. The molecular weight excluding hydrogens is 376 g/mol. The molecular formula is C21H22N2O4S. The lowest BCUT2D eigenvalue weighted by molar-refractivity contribution is 0.0365. The summed E-state index contributed by atoms with van der Waals surface area (Å²) in [4.78, 5) is 17.3. The summed E-state index contributed by atoms with van der Waals surface area (Å²) in [7, 11) is 0. The van der Waals surface area contributed by atoms with Crippen LogP contribution in [0.2, 0.25) is 0 Å². The molecule has 1 saturated heterocycles. The summed E-state index contributed by atoms with van der Waals surface area (Å²) in [6.45, 7) is 7.86. The highest BCUT2D eigenvalue weighted by Gasteiger charge is 2.20. The molecule has 1 fully saturated rings. The molecule has 7 heteroatoms. The molecule has 3 aromatic rings. The first-order chi connectivity index (χ1) is 13.7. The lowest BCUT2D eigenvalue weighted by Crippen LogP contribution is -2.38.